The molecule has 1 aromatic carbocycles. The number of carbonyl (C=O) groups is 1. The van der Waals surface area contributed by atoms with Crippen LogP contribution < -0.4 is 5.32 Å². The lowest BCUT2D eigenvalue weighted by Gasteiger charge is -2.51. The predicted molar refractivity (Wildman–Crippen MR) is 75.2 cm³/mol. The van der Waals surface area contributed by atoms with Gasteiger partial charge in [0.05, 0.1) is 16.6 Å². The minimum atomic E-state index is -0.722. The Morgan fingerprint density at radius 3 is 2.71 bits per heavy atom. The molecule has 0 radical (unpaired) electrons. The van der Waals surface area contributed by atoms with Gasteiger partial charge in [0.15, 0.2) is 0 Å². The monoisotopic (exact) mass is 294 g/mol. The summed E-state index contributed by atoms with van der Waals surface area (Å²) in [6.07, 6.45) is 0.729. The predicted octanol–water partition coefficient (Wildman–Crippen LogP) is 1.84. The van der Waals surface area contributed by atoms with E-state index in [1.807, 2.05) is 13.8 Å². The van der Waals surface area contributed by atoms with Gasteiger partial charge in [0, 0.05) is 24.6 Å². The molecule has 0 spiro atoms. The molecule has 0 aliphatic heterocycles. The van der Waals surface area contributed by atoms with Gasteiger partial charge in [-0.1, -0.05) is 19.9 Å². The summed E-state index contributed by atoms with van der Waals surface area (Å²) in [5, 5.41) is 23.4. The van der Waals surface area contributed by atoms with Crippen LogP contribution in [0.1, 0.15) is 30.6 Å². The van der Waals surface area contributed by atoms with Crippen molar-refractivity contribution in [2.24, 2.45) is 5.41 Å². The van der Waals surface area contributed by atoms with Gasteiger partial charge in [-0.25, -0.2) is 0 Å². The van der Waals surface area contributed by atoms with E-state index in [0.717, 1.165) is 6.07 Å². The summed E-state index contributed by atoms with van der Waals surface area (Å²) in [6, 6.07) is 3.78. The quantitative estimate of drug-likeness (QED) is 0.651. The molecule has 1 fully saturated rings. The molecule has 0 bridgehead atoms. The molecule has 1 aliphatic carbocycles. The molecule has 7 heteroatoms. The topological polar surface area (TPSA) is 102 Å². The van der Waals surface area contributed by atoms with Crippen LogP contribution in [-0.4, -0.2) is 35.2 Å². The SMILES string of the molecule is COC1CC(NC(=O)c2cccc([N+](=O)[O-])c2O)C1(C)C. The summed E-state index contributed by atoms with van der Waals surface area (Å²) in [6.45, 7) is 3.95. The average Bonchev–Trinajstić information content (AvgIpc) is 2.42. The molecular weight excluding hydrogens is 276 g/mol. The number of nitrogens with zero attached hydrogens (tertiary/aromatic N) is 1. The first-order valence-electron chi connectivity index (χ1n) is 6.59. The third-order valence-corrected chi connectivity index (χ3v) is 4.22. The van der Waals surface area contributed by atoms with Crippen LogP contribution in [0.4, 0.5) is 5.69 Å². The highest BCUT2D eigenvalue weighted by Gasteiger charge is 2.49. The molecule has 2 atom stereocenters. The van der Waals surface area contributed by atoms with Crippen molar-refractivity contribution < 1.29 is 19.6 Å². The van der Waals surface area contributed by atoms with Crippen LogP contribution in [0.5, 0.6) is 5.75 Å². The fourth-order valence-corrected chi connectivity index (χ4v) is 2.63. The minimum Gasteiger partial charge on any atom is -0.502 e. The highest BCUT2D eigenvalue weighted by atomic mass is 16.6. The van der Waals surface area contributed by atoms with Gasteiger partial charge in [-0.3, -0.25) is 14.9 Å². The van der Waals surface area contributed by atoms with E-state index in [9.17, 15) is 20.0 Å². The third kappa shape index (κ3) is 2.56. The standard InChI is InChI=1S/C14H18N2O5/c1-14(2)10(7-11(14)21-3)15-13(18)8-5-4-6-9(12(8)17)16(19)20/h4-6,10-11,17H,7H2,1-3H3,(H,15,18). The molecule has 0 aromatic heterocycles. The first-order valence-corrected chi connectivity index (χ1v) is 6.59. The Morgan fingerprint density at radius 1 is 1.52 bits per heavy atom. The van der Waals surface area contributed by atoms with Crippen LogP contribution in [-0.2, 0) is 4.74 Å². The fourth-order valence-electron chi connectivity index (χ4n) is 2.63. The number of methoxy groups -OCH3 is 1. The summed E-state index contributed by atoms with van der Waals surface area (Å²) in [4.78, 5) is 22.2. The van der Waals surface area contributed by atoms with Gasteiger partial charge in [-0.05, 0) is 12.5 Å². The van der Waals surface area contributed by atoms with E-state index < -0.39 is 22.3 Å². The Bertz CT molecular complexity index is 585. The van der Waals surface area contributed by atoms with E-state index in [1.54, 1.807) is 7.11 Å². The maximum absolute atomic E-state index is 12.2. The van der Waals surface area contributed by atoms with E-state index in [0.29, 0.717) is 6.42 Å². The lowest BCUT2D eigenvalue weighted by molar-refractivity contribution is -0.385. The van der Waals surface area contributed by atoms with E-state index in [-0.39, 0.29) is 23.1 Å². The number of carbonyl (C=O) groups excluding carboxylic acids is 1. The van der Waals surface area contributed by atoms with E-state index in [4.69, 9.17) is 4.74 Å². The number of ether oxygens (including phenoxy) is 1. The van der Waals surface area contributed by atoms with Gasteiger partial charge in [0.1, 0.15) is 0 Å². The molecule has 114 valence electrons. The lowest BCUT2D eigenvalue weighted by atomic mass is 9.64. The number of nitrogens with one attached hydrogen (secondary N) is 1. The molecular formula is C14H18N2O5. The van der Waals surface area contributed by atoms with Crippen molar-refractivity contribution >= 4 is 11.6 Å². The Morgan fingerprint density at radius 2 is 2.19 bits per heavy atom. The third-order valence-electron chi connectivity index (χ3n) is 4.22. The van der Waals surface area contributed by atoms with Crippen LogP contribution in [0.3, 0.4) is 0 Å². The number of nitro benzene ring substituents is 1. The number of amides is 1. The summed E-state index contributed by atoms with van der Waals surface area (Å²) >= 11 is 0. The van der Waals surface area contributed by atoms with Crippen molar-refractivity contribution in [3.8, 4) is 5.75 Å². The Balaban J connectivity index is 2.16. The van der Waals surface area contributed by atoms with Crippen molar-refractivity contribution in [1.82, 2.24) is 5.32 Å². The highest BCUT2D eigenvalue weighted by Crippen LogP contribution is 2.42. The average molecular weight is 294 g/mol. The summed E-state index contributed by atoms with van der Waals surface area (Å²) in [5.41, 5.74) is -0.799. The number of aromatic hydroxyl groups is 1. The maximum atomic E-state index is 12.2. The van der Waals surface area contributed by atoms with Crippen LogP contribution >= 0.6 is 0 Å². The van der Waals surface area contributed by atoms with Crippen LogP contribution in [0.25, 0.3) is 0 Å². The first-order chi connectivity index (χ1) is 9.78. The van der Waals surface area contributed by atoms with E-state index in [1.165, 1.54) is 12.1 Å². The van der Waals surface area contributed by atoms with Crippen LogP contribution in [0.2, 0.25) is 0 Å². The van der Waals surface area contributed by atoms with Crippen molar-refractivity contribution in [2.45, 2.75) is 32.4 Å². The maximum Gasteiger partial charge on any atom is 0.311 e. The molecule has 1 aliphatic rings. The second-order valence-electron chi connectivity index (χ2n) is 5.74. The molecule has 2 N–H and O–H groups in total. The molecule has 2 unspecified atom stereocenters. The summed E-state index contributed by atoms with van der Waals surface area (Å²) in [5.74, 6) is -1.13. The number of benzene rings is 1. The van der Waals surface area contributed by atoms with Crippen molar-refractivity contribution in [3.63, 3.8) is 0 Å². The van der Waals surface area contributed by atoms with Gasteiger partial charge in [0.2, 0.25) is 5.75 Å². The molecule has 0 saturated heterocycles. The van der Waals surface area contributed by atoms with Gasteiger partial charge in [-0.2, -0.15) is 0 Å². The number of phenols is 1. The molecule has 2 rings (SSSR count). The second kappa shape index (κ2) is 5.33. The van der Waals surface area contributed by atoms with Crippen LogP contribution in [0.15, 0.2) is 18.2 Å². The summed E-state index contributed by atoms with van der Waals surface area (Å²) in [7, 11) is 1.62. The van der Waals surface area contributed by atoms with Gasteiger partial charge in [0.25, 0.3) is 5.91 Å². The lowest BCUT2D eigenvalue weighted by Crippen LogP contribution is -2.61. The zero-order chi connectivity index (χ0) is 15.8. The van der Waals surface area contributed by atoms with Crippen molar-refractivity contribution in [1.29, 1.82) is 0 Å². The number of hydrogen-bond donors (Lipinski definition) is 2. The molecule has 1 amide bonds. The van der Waals surface area contributed by atoms with E-state index >= 15 is 0 Å². The van der Waals surface area contributed by atoms with Crippen molar-refractivity contribution in [2.75, 3.05) is 7.11 Å². The molecule has 0 heterocycles. The molecule has 1 aromatic rings. The van der Waals surface area contributed by atoms with Gasteiger partial charge in [-0.15, -0.1) is 0 Å². The largest absolute Gasteiger partial charge is 0.502 e. The zero-order valence-electron chi connectivity index (χ0n) is 12.1. The number of hydrogen-bond acceptors (Lipinski definition) is 5. The number of para-hydroxylation sites is 1. The number of phenolic OH excluding ortho intramolecular Hbond substituents is 1. The number of nitro groups is 1. The van der Waals surface area contributed by atoms with Gasteiger partial charge >= 0.3 is 5.69 Å². The Labute approximate surface area is 122 Å². The Hall–Kier alpha value is -2.15. The summed E-state index contributed by atoms with van der Waals surface area (Å²) < 4.78 is 5.30. The zero-order valence-corrected chi connectivity index (χ0v) is 12.1. The highest BCUT2D eigenvalue weighted by molar-refractivity contribution is 5.98. The smallest absolute Gasteiger partial charge is 0.311 e. The minimum absolute atomic E-state index is 0.0570. The fraction of sp³-hybridized carbons (Fsp3) is 0.500. The first kappa shape index (κ1) is 15.2. The Kier molecular flexibility index (Phi) is 3.87. The number of rotatable bonds is 4. The van der Waals surface area contributed by atoms with Crippen molar-refractivity contribution in [3.05, 3.63) is 33.9 Å². The van der Waals surface area contributed by atoms with E-state index in [2.05, 4.69) is 5.32 Å². The van der Waals surface area contributed by atoms with Gasteiger partial charge < -0.3 is 15.2 Å². The molecule has 21 heavy (non-hydrogen) atoms. The second-order valence-corrected chi connectivity index (χ2v) is 5.74. The normalized spacial score (nSPS) is 23.2. The van der Waals surface area contributed by atoms with Crippen LogP contribution in [0, 0.1) is 15.5 Å². The molecule has 1 saturated carbocycles. The molecule has 7 nitrogen and oxygen atoms in total.